The van der Waals surface area contributed by atoms with Crippen molar-refractivity contribution in [1.29, 1.82) is 0 Å². The Balaban J connectivity index is 2.05. The van der Waals surface area contributed by atoms with Crippen LogP contribution in [0.4, 0.5) is 5.69 Å². The number of anilines is 1. The van der Waals surface area contributed by atoms with Crippen molar-refractivity contribution in [3.8, 4) is 0 Å². The van der Waals surface area contributed by atoms with E-state index in [-0.39, 0.29) is 0 Å². The maximum absolute atomic E-state index is 5.95. The van der Waals surface area contributed by atoms with Gasteiger partial charge in [-0.05, 0) is 23.8 Å². The summed E-state index contributed by atoms with van der Waals surface area (Å²) in [4.78, 5) is 2.39. The lowest BCUT2D eigenvalue weighted by molar-refractivity contribution is 0.233. The van der Waals surface area contributed by atoms with E-state index in [1.807, 2.05) is 18.2 Å². The van der Waals surface area contributed by atoms with Gasteiger partial charge < -0.3 is 11.1 Å². The Bertz CT molecular complexity index is 335. The molecule has 1 heterocycles. The van der Waals surface area contributed by atoms with Crippen molar-refractivity contribution in [1.82, 2.24) is 10.2 Å². The molecule has 0 saturated carbocycles. The predicted molar refractivity (Wildman–Crippen MR) is 64.0 cm³/mol. The number of nitrogens with two attached hydrogens (primary N) is 1. The highest BCUT2D eigenvalue weighted by Crippen LogP contribution is 2.19. The zero-order valence-electron chi connectivity index (χ0n) is 8.67. The molecule has 15 heavy (non-hydrogen) atoms. The smallest absolute Gasteiger partial charge is 0.0410 e. The molecule has 0 radical (unpaired) electrons. The maximum atomic E-state index is 5.95. The first-order chi connectivity index (χ1) is 7.25. The monoisotopic (exact) mass is 225 g/mol. The molecular weight excluding hydrogens is 210 g/mol. The molecule has 1 saturated heterocycles. The van der Waals surface area contributed by atoms with Gasteiger partial charge in [-0.1, -0.05) is 11.6 Å². The average Bonchev–Trinajstić information content (AvgIpc) is 2.25. The molecule has 1 aliphatic heterocycles. The van der Waals surface area contributed by atoms with Crippen LogP contribution in [0.5, 0.6) is 0 Å². The molecule has 0 aromatic heterocycles. The second-order valence-corrected chi connectivity index (χ2v) is 4.31. The van der Waals surface area contributed by atoms with Crippen molar-refractivity contribution in [2.45, 2.75) is 6.54 Å². The number of rotatable bonds is 2. The van der Waals surface area contributed by atoms with Crippen LogP contribution >= 0.6 is 11.6 Å². The van der Waals surface area contributed by atoms with Gasteiger partial charge in [-0.15, -0.1) is 0 Å². The number of hydrogen-bond donors (Lipinski definition) is 2. The molecule has 1 aromatic carbocycles. The molecule has 3 N–H and O–H groups in total. The molecule has 0 amide bonds. The van der Waals surface area contributed by atoms with Gasteiger partial charge in [0.15, 0.2) is 0 Å². The van der Waals surface area contributed by atoms with Crippen LogP contribution in [0.3, 0.4) is 0 Å². The van der Waals surface area contributed by atoms with Crippen LogP contribution in [0.1, 0.15) is 5.56 Å². The van der Waals surface area contributed by atoms with Gasteiger partial charge in [-0.2, -0.15) is 0 Å². The van der Waals surface area contributed by atoms with Crippen molar-refractivity contribution >= 4 is 17.3 Å². The van der Waals surface area contributed by atoms with E-state index in [2.05, 4.69) is 10.2 Å². The zero-order valence-corrected chi connectivity index (χ0v) is 9.43. The van der Waals surface area contributed by atoms with Gasteiger partial charge >= 0.3 is 0 Å². The molecule has 1 aromatic rings. The summed E-state index contributed by atoms with van der Waals surface area (Å²) in [5, 5.41) is 4.09. The lowest BCUT2D eigenvalue weighted by Crippen LogP contribution is -2.42. The van der Waals surface area contributed by atoms with Crippen LogP contribution in [0.2, 0.25) is 5.02 Å². The summed E-state index contributed by atoms with van der Waals surface area (Å²) < 4.78 is 0. The van der Waals surface area contributed by atoms with Gasteiger partial charge in [-0.25, -0.2) is 0 Å². The van der Waals surface area contributed by atoms with Gasteiger partial charge in [0, 0.05) is 43.4 Å². The fourth-order valence-corrected chi connectivity index (χ4v) is 2.02. The fraction of sp³-hybridized carbons (Fsp3) is 0.455. The summed E-state index contributed by atoms with van der Waals surface area (Å²) in [7, 11) is 0. The third-order valence-electron chi connectivity index (χ3n) is 2.71. The summed E-state index contributed by atoms with van der Waals surface area (Å²) in [5.74, 6) is 0. The largest absolute Gasteiger partial charge is 0.398 e. The Morgan fingerprint density at radius 1 is 1.33 bits per heavy atom. The minimum absolute atomic E-state index is 0.759. The van der Waals surface area contributed by atoms with E-state index in [1.165, 1.54) is 0 Å². The van der Waals surface area contributed by atoms with Crippen molar-refractivity contribution in [2.24, 2.45) is 0 Å². The van der Waals surface area contributed by atoms with E-state index in [0.717, 1.165) is 49.0 Å². The van der Waals surface area contributed by atoms with Crippen molar-refractivity contribution in [3.63, 3.8) is 0 Å². The van der Waals surface area contributed by atoms with Crippen LogP contribution in [-0.2, 0) is 6.54 Å². The summed E-state index contributed by atoms with van der Waals surface area (Å²) in [6, 6.07) is 5.66. The van der Waals surface area contributed by atoms with E-state index in [0.29, 0.717) is 0 Å². The molecule has 1 fully saturated rings. The molecule has 0 bridgehead atoms. The maximum Gasteiger partial charge on any atom is 0.0410 e. The van der Waals surface area contributed by atoms with Gasteiger partial charge in [0.25, 0.3) is 0 Å². The van der Waals surface area contributed by atoms with Gasteiger partial charge in [-0.3, -0.25) is 4.90 Å². The Labute approximate surface area is 95.2 Å². The van der Waals surface area contributed by atoms with Crippen LogP contribution < -0.4 is 11.1 Å². The number of nitrogens with one attached hydrogen (secondary N) is 1. The standard InChI is InChI=1S/C11H16ClN3/c12-10-1-2-11(13)9(7-10)8-15-5-3-14-4-6-15/h1-2,7,14H,3-6,8,13H2. The highest BCUT2D eigenvalue weighted by atomic mass is 35.5. The molecule has 4 heteroatoms. The molecule has 82 valence electrons. The average molecular weight is 226 g/mol. The Hall–Kier alpha value is -0.770. The Morgan fingerprint density at radius 3 is 2.80 bits per heavy atom. The molecule has 2 rings (SSSR count). The minimum Gasteiger partial charge on any atom is -0.398 e. The van der Waals surface area contributed by atoms with E-state index >= 15 is 0 Å². The Kier molecular flexibility index (Phi) is 3.46. The molecule has 0 unspecified atom stereocenters. The van der Waals surface area contributed by atoms with Gasteiger partial charge in [0.2, 0.25) is 0 Å². The number of benzene rings is 1. The van der Waals surface area contributed by atoms with E-state index < -0.39 is 0 Å². The highest BCUT2D eigenvalue weighted by molar-refractivity contribution is 6.30. The van der Waals surface area contributed by atoms with E-state index in [1.54, 1.807) is 0 Å². The molecule has 0 aliphatic carbocycles. The number of halogens is 1. The first kappa shape index (κ1) is 10.7. The molecular formula is C11H16ClN3. The summed E-state index contributed by atoms with van der Waals surface area (Å²) in [5.41, 5.74) is 7.87. The van der Waals surface area contributed by atoms with E-state index in [9.17, 15) is 0 Å². The second-order valence-electron chi connectivity index (χ2n) is 3.87. The first-order valence-corrected chi connectivity index (χ1v) is 5.60. The number of nitrogens with zero attached hydrogens (tertiary/aromatic N) is 1. The van der Waals surface area contributed by atoms with Crippen molar-refractivity contribution in [2.75, 3.05) is 31.9 Å². The molecule has 0 spiro atoms. The molecule has 0 atom stereocenters. The second kappa shape index (κ2) is 4.84. The third kappa shape index (κ3) is 2.84. The summed E-state index contributed by atoms with van der Waals surface area (Å²) in [6.45, 7) is 5.16. The van der Waals surface area contributed by atoms with Crippen LogP contribution in [-0.4, -0.2) is 31.1 Å². The molecule has 1 aliphatic rings. The topological polar surface area (TPSA) is 41.3 Å². The predicted octanol–water partition coefficient (Wildman–Crippen LogP) is 1.33. The number of hydrogen-bond acceptors (Lipinski definition) is 3. The van der Waals surface area contributed by atoms with Gasteiger partial charge in [0.05, 0.1) is 0 Å². The Morgan fingerprint density at radius 2 is 2.07 bits per heavy atom. The normalized spacial score (nSPS) is 17.9. The summed E-state index contributed by atoms with van der Waals surface area (Å²) in [6.07, 6.45) is 0. The summed E-state index contributed by atoms with van der Waals surface area (Å²) >= 11 is 5.95. The van der Waals surface area contributed by atoms with Gasteiger partial charge in [0.1, 0.15) is 0 Å². The first-order valence-electron chi connectivity index (χ1n) is 5.23. The third-order valence-corrected chi connectivity index (χ3v) is 2.94. The van der Waals surface area contributed by atoms with Crippen molar-refractivity contribution in [3.05, 3.63) is 28.8 Å². The lowest BCUT2D eigenvalue weighted by Gasteiger charge is -2.27. The highest BCUT2D eigenvalue weighted by Gasteiger charge is 2.11. The lowest BCUT2D eigenvalue weighted by atomic mass is 10.1. The fourth-order valence-electron chi connectivity index (χ4n) is 1.82. The molecule has 3 nitrogen and oxygen atoms in total. The van der Waals surface area contributed by atoms with Crippen molar-refractivity contribution < 1.29 is 0 Å². The number of nitrogen functional groups attached to an aromatic ring is 1. The van der Waals surface area contributed by atoms with Crippen LogP contribution in [0.25, 0.3) is 0 Å². The SMILES string of the molecule is Nc1ccc(Cl)cc1CN1CCNCC1. The quantitative estimate of drug-likeness (QED) is 0.747. The zero-order chi connectivity index (χ0) is 10.7. The van der Waals surface area contributed by atoms with Crippen LogP contribution in [0, 0.1) is 0 Å². The number of piperazine rings is 1. The minimum atomic E-state index is 0.759. The van der Waals surface area contributed by atoms with E-state index in [4.69, 9.17) is 17.3 Å². The van der Waals surface area contributed by atoms with Crippen LogP contribution in [0.15, 0.2) is 18.2 Å².